The van der Waals surface area contributed by atoms with Crippen LogP contribution in [0.5, 0.6) is 0 Å². The summed E-state index contributed by atoms with van der Waals surface area (Å²) in [7, 11) is 1.88. The summed E-state index contributed by atoms with van der Waals surface area (Å²) in [4.78, 5) is 4.97. The molecule has 3 heterocycles. The van der Waals surface area contributed by atoms with Gasteiger partial charge in [-0.25, -0.2) is 14.3 Å². The van der Waals surface area contributed by atoms with Crippen molar-refractivity contribution in [3.8, 4) is 11.1 Å². The van der Waals surface area contributed by atoms with E-state index in [9.17, 15) is 8.78 Å². The number of aryl methyl sites for hydroxylation is 2. The molecule has 2 aliphatic carbocycles. The number of halogens is 2. The predicted octanol–water partition coefficient (Wildman–Crippen LogP) is 5.01. The van der Waals surface area contributed by atoms with Gasteiger partial charge in [-0.05, 0) is 36.8 Å². The van der Waals surface area contributed by atoms with Crippen molar-refractivity contribution in [2.75, 3.05) is 0 Å². The molecular weight excluding hydrogens is 388 g/mol. The molecule has 0 aromatic carbocycles. The predicted molar refractivity (Wildman–Crippen MR) is 112 cm³/mol. The Labute approximate surface area is 176 Å². The Kier molecular flexibility index (Phi) is 5.81. The quantitative estimate of drug-likeness (QED) is 0.686. The minimum absolute atomic E-state index is 0. The Balaban J connectivity index is 0.000000883. The number of hydrazine groups is 1. The molecule has 30 heavy (non-hydrogen) atoms. The van der Waals surface area contributed by atoms with Gasteiger partial charge in [0.25, 0.3) is 0 Å². The monoisotopic (exact) mass is 419 g/mol. The van der Waals surface area contributed by atoms with Crippen LogP contribution in [0, 0.1) is 0 Å². The molecule has 1 fully saturated rings. The lowest BCUT2D eigenvalue weighted by atomic mass is 9.75. The molecule has 0 saturated heterocycles. The van der Waals surface area contributed by atoms with Crippen LogP contribution in [0.15, 0.2) is 22.7 Å². The van der Waals surface area contributed by atoms with Crippen LogP contribution in [0.25, 0.3) is 11.1 Å². The highest BCUT2D eigenvalue weighted by Crippen LogP contribution is 2.51. The second-order valence-electron chi connectivity index (χ2n) is 8.01. The summed E-state index contributed by atoms with van der Waals surface area (Å²) in [5.74, 6) is -2.86. The Morgan fingerprint density at radius 3 is 2.57 bits per heavy atom. The molecule has 0 spiro atoms. The highest BCUT2D eigenvalue weighted by atomic mass is 19.3. The van der Waals surface area contributed by atoms with E-state index in [1.165, 1.54) is 5.56 Å². The maximum absolute atomic E-state index is 13.7. The van der Waals surface area contributed by atoms with Crippen molar-refractivity contribution in [3.05, 3.63) is 34.9 Å². The van der Waals surface area contributed by atoms with Crippen LogP contribution < -0.4 is 11.0 Å². The number of hydrogen-bond donors (Lipinski definition) is 2. The first-order valence-electron chi connectivity index (χ1n) is 10.8. The fourth-order valence-electron chi connectivity index (χ4n) is 4.61. The molecule has 1 atom stereocenters. The summed E-state index contributed by atoms with van der Waals surface area (Å²) in [5.41, 5.74) is 11.6. The van der Waals surface area contributed by atoms with E-state index < -0.39 is 12.1 Å². The smallest absolute Gasteiger partial charge is 0.249 e. The van der Waals surface area contributed by atoms with Gasteiger partial charge < -0.3 is 0 Å². The van der Waals surface area contributed by atoms with E-state index in [1.807, 2.05) is 33.3 Å². The van der Waals surface area contributed by atoms with Gasteiger partial charge in [-0.1, -0.05) is 25.5 Å². The maximum atomic E-state index is 13.7. The van der Waals surface area contributed by atoms with E-state index in [-0.39, 0.29) is 20.2 Å². The lowest BCUT2D eigenvalue weighted by Crippen LogP contribution is -2.36. The molecule has 1 saturated carbocycles. The van der Waals surface area contributed by atoms with Gasteiger partial charge in [0.1, 0.15) is 0 Å². The molecule has 0 amide bonds. The average molecular weight is 420 g/mol. The third-order valence-electron chi connectivity index (χ3n) is 5.96. The molecule has 9 heteroatoms. The molecular formula is C21H31F2N7. The third-order valence-corrected chi connectivity index (χ3v) is 5.96. The summed E-state index contributed by atoms with van der Waals surface area (Å²) < 4.78 is 29.2. The highest BCUT2D eigenvalue weighted by Gasteiger charge is 2.48. The van der Waals surface area contributed by atoms with Crippen LogP contribution in [0.2, 0.25) is 0 Å². The largest absolute Gasteiger partial charge is 0.275 e. The molecule has 7 nitrogen and oxygen atoms in total. The number of pyridine rings is 1. The van der Waals surface area contributed by atoms with E-state index in [1.54, 1.807) is 4.68 Å². The number of nitrogens with zero attached hydrogens (tertiary/aromatic N) is 5. The Morgan fingerprint density at radius 1 is 1.17 bits per heavy atom. The minimum atomic E-state index is -2.60. The van der Waals surface area contributed by atoms with Gasteiger partial charge in [-0.2, -0.15) is 10.5 Å². The van der Waals surface area contributed by atoms with Crippen LogP contribution in [-0.4, -0.2) is 20.7 Å². The van der Waals surface area contributed by atoms with Crippen LogP contribution >= 0.6 is 0 Å². The topological polar surface area (TPSA) is 79.5 Å². The zero-order valence-electron chi connectivity index (χ0n) is 17.8. The molecule has 1 aliphatic heterocycles. The Hall–Kier alpha value is -2.42. The van der Waals surface area contributed by atoms with Gasteiger partial charge in [-0.3, -0.25) is 9.67 Å². The van der Waals surface area contributed by atoms with Crippen LogP contribution in [-0.2, 0) is 19.9 Å². The van der Waals surface area contributed by atoms with E-state index in [2.05, 4.69) is 26.4 Å². The number of rotatable bonds is 3. The lowest BCUT2D eigenvalue weighted by Gasteiger charge is -2.37. The van der Waals surface area contributed by atoms with E-state index in [4.69, 9.17) is 4.98 Å². The van der Waals surface area contributed by atoms with Gasteiger partial charge in [0.2, 0.25) is 5.92 Å². The van der Waals surface area contributed by atoms with Gasteiger partial charge in [-0.15, -0.1) is 5.11 Å². The lowest BCUT2D eigenvalue weighted by molar-refractivity contribution is -0.0878. The first-order chi connectivity index (χ1) is 14.5. The van der Waals surface area contributed by atoms with Crippen LogP contribution in [0.4, 0.5) is 8.78 Å². The number of fused-ring (bicyclic) bond motifs is 1. The maximum Gasteiger partial charge on any atom is 0.249 e. The van der Waals surface area contributed by atoms with Crippen molar-refractivity contribution < 1.29 is 10.2 Å². The van der Waals surface area contributed by atoms with E-state index >= 15 is 0 Å². The van der Waals surface area contributed by atoms with Crippen LogP contribution in [0.1, 0.15) is 82.0 Å². The molecule has 0 radical (unpaired) electrons. The summed E-state index contributed by atoms with van der Waals surface area (Å²) >= 11 is 0. The highest BCUT2D eigenvalue weighted by molar-refractivity contribution is 5.73. The first-order valence-corrected chi connectivity index (χ1v) is 10.8. The number of aromatic nitrogens is 3. The second kappa shape index (κ2) is 8.37. The van der Waals surface area contributed by atoms with Crippen molar-refractivity contribution in [1.82, 2.24) is 25.7 Å². The van der Waals surface area contributed by atoms with Gasteiger partial charge in [0, 0.05) is 50.3 Å². The SMILES string of the molecule is CC.Cn1cc(-c2c3c(nc(C4CC(F)(F)C4)c2C2N=NNN2)CCCCC3)cn1.[HH]. The summed E-state index contributed by atoms with van der Waals surface area (Å²) in [6, 6.07) is 0. The fourth-order valence-corrected chi connectivity index (χ4v) is 4.61. The van der Waals surface area contributed by atoms with Crippen molar-refractivity contribution in [1.29, 1.82) is 0 Å². The first kappa shape index (κ1) is 20.8. The van der Waals surface area contributed by atoms with Crippen molar-refractivity contribution in [2.45, 2.75) is 76.8 Å². The third kappa shape index (κ3) is 3.82. The summed E-state index contributed by atoms with van der Waals surface area (Å²) in [5, 5.41) is 12.5. The fraction of sp³-hybridized carbons (Fsp3) is 0.619. The zero-order valence-corrected chi connectivity index (χ0v) is 17.8. The van der Waals surface area contributed by atoms with Crippen molar-refractivity contribution >= 4 is 0 Å². The Morgan fingerprint density at radius 2 is 1.93 bits per heavy atom. The Bertz CT molecular complexity index is 936. The zero-order chi connectivity index (χ0) is 21.3. The van der Waals surface area contributed by atoms with Gasteiger partial charge in [0.05, 0.1) is 11.9 Å². The van der Waals surface area contributed by atoms with Crippen molar-refractivity contribution in [2.24, 2.45) is 17.4 Å². The van der Waals surface area contributed by atoms with Crippen molar-refractivity contribution in [3.63, 3.8) is 0 Å². The summed E-state index contributed by atoms with van der Waals surface area (Å²) in [6.07, 6.45) is 8.19. The van der Waals surface area contributed by atoms with Gasteiger partial charge >= 0.3 is 0 Å². The molecule has 0 bridgehead atoms. The normalized spacial score (nSPS) is 22.4. The molecule has 3 aliphatic rings. The molecule has 164 valence electrons. The molecule has 1 unspecified atom stereocenters. The molecule has 2 aromatic heterocycles. The number of nitrogens with one attached hydrogen (secondary N) is 2. The number of alkyl halides is 2. The summed E-state index contributed by atoms with van der Waals surface area (Å²) in [6.45, 7) is 4.00. The van der Waals surface area contributed by atoms with E-state index in [0.29, 0.717) is 0 Å². The molecule has 2 aromatic rings. The average Bonchev–Trinajstić information content (AvgIpc) is 3.33. The molecule has 5 rings (SSSR count). The number of hydrogen-bond acceptors (Lipinski definition) is 6. The standard InChI is InChI=1S/C19H23F2N7.C2H6.H2/c1-28-10-12(9-22-28)15-13-5-3-2-4-6-14(13)23-17(11-7-19(20,21)8-11)16(15)18-24-26-27-25-18;1-2;/h9-11,18H,2-8H2,1H3,(H,24,27)(H,25,26);1-2H3;1H. The molecule has 2 N–H and O–H groups in total. The minimum Gasteiger partial charge on any atom is -0.275 e. The van der Waals surface area contributed by atoms with Gasteiger partial charge in [0.15, 0.2) is 6.17 Å². The second-order valence-corrected chi connectivity index (χ2v) is 8.01. The van der Waals surface area contributed by atoms with E-state index in [0.717, 1.165) is 60.2 Å². The van der Waals surface area contributed by atoms with Crippen LogP contribution in [0.3, 0.4) is 0 Å².